The smallest absolute Gasteiger partial charge is 0.235 e. The van der Waals surface area contributed by atoms with Gasteiger partial charge in [-0.3, -0.25) is 0 Å². The summed E-state index contributed by atoms with van der Waals surface area (Å²) in [5.41, 5.74) is 0. The van der Waals surface area contributed by atoms with Crippen molar-refractivity contribution >= 4 is 6.08 Å². The first kappa shape index (κ1) is 10.3. The molecule has 0 amide bonds. The van der Waals surface area contributed by atoms with E-state index in [1.54, 1.807) is 19.1 Å². The van der Waals surface area contributed by atoms with Crippen LogP contribution in [0.15, 0.2) is 29.3 Å². The number of hydrogen-bond donors (Lipinski definition) is 1. The summed E-state index contributed by atoms with van der Waals surface area (Å²) in [5, 5.41) is 9.01. The third-order valence-electron chi connectivity index (χ3n) is 1.59. The number of phenols is 1. The van der Waals surface area contributed by atoms with E-state index < -0.39 is 0 Å². The zero-order valence-corrected chi connectivity index (χ0v) is 7.80. The van der Waals surface area contributed by atoms with Crippen molar-refractivity contribution in [2.24, 2.45) is 4.99 Å². The summed E-state index contributed by atoms with van der Waals surface area (Å²) >= 11 is 0. The minimum absolute atomic E-state index is 0.180. The summed E-state index contributed by atoms with van der Waals surface area (Å²) in [5.74, 6) is 0.826. The van der Waals surface area contributed by atoms with Gasteiger partial charge in [0.1, 0.15) is 17.6 Å². The summed E-state index contributed by atoms with van der Waals surface area (Å²) in [6.07, 6.45) is 1.27. The van der Waals surface area contributed by atoms with Crippen molar-refractivity contribution in [1.82, 2.24) is 0 Å². The third kappa shape index (κ3) is 3.29. The molecular formula is C10H11NO3. The molecule has 4 nitrogen and oxygen atoms in total. The van der Waals surface area contributed by atoms with Crippen molar-refractivity contribution in [2.45, 2.75) is 13.0 Å². The maximum atomic E-state index is 9.83. The highest BCUT2D eigenvalue weighted by molar-refractivity contribution is 5.33. The van der Waals surface area contributed by atoms with Crippen LogP contribution in [-0.2, 0) is 4.79 Å². The van der Waals surface area contributed by atoms with Gasteiger partial charge in [0.25, 0.3) is 0 Å². The molecule has 0 aliphatic carbocycles. The largest absolute Gasteiger partial charge is 0.508 e. The Morgan fingerprint density at radius 1 is 1.50 bits per heavy atom. The van der Waals surface area contributed by atoms with E-state index in [4.69, 9.17) is 9.84 Å². The number of ether oxygens (including phenoxy) is 1. The van der Waals surface area contributed by atoms with Crippen LogP contribution >= 0.6 is 0 Å². The molecule has 0 saturated heterocycles. The molecule has 1 rings (SSSR count). The summed E-state index contributed by atoms with van der Waals surface area (Å²) in [4.78, 5) is 13.2. The van der Waals surface area contributed by atoms with Crippen LogP contribution < -0.4 is 4.74 Å². The van der Waals surface area contributed by atoms with E-state index in [0.29, 0.717) is 5.75 Å². The Balaban J connectivity index is 2.51. The van der Waals surface area contributed by atoms with E-state index in [1.165, 1.54) is 18.2 Å². The second-order valence-corrected chi connectivity index (χ2v) is 2.85. The first-order valence-corrected chi connectivity index (χ1v) is 4.21. The fraction of sp³-hybridized carbons (Fsp3) is 0.300. The first-order valence-electron chi connectivity index (χ1n) is 4.21. The first-order chi connectivity index (χ1) is 6.72. The molecule has 1 aromatic carbocycles. The van der Waals surface area contributed by atoms with Gasteiger partial charge < -0.3 is 9.84 Å². The molecule has 0 bridgehead atoms. The van der Waals surface area contributed by atoms with Gasteiger partial charge in [-0.05, 0) is 31.2 Å². The molecular weight excluding hydrogens is 182 g/mol. The van der Waals surface area contributed by atoms with Crippen LogP contribution in [0.4, 0.5) is 0 Å². The molecule has 1 N–H and O–H groups in total. The number of benzene rings is 1. The number of phenolic OH excluding ortho intramolecular Hbond substituents is 1. The minimum atomic E-state index is -0.180. The van der Waals surface area contributed by atoms with Crippen LogP contribution in [0, 0.1) is 0 Å². The van der Waals surface area contributed by atoms with Crippen molar-refractivity contribution in [2.75, 3.05) is 6.54 Å². The van der Waals surface area contributed by atoms with E-state index in [-0.39, 0.29) is 18.4 Å². The zero-order valence-electron chi connectivity index (χ0n) is 7.80. The van der Waals surface area contributed by atoms with Gasteiger partial charge in [-0.2, -0.15) is 0 Å². The molecule has 0 aliphatic heterocycles. The summed E-state index contributed by atoms with van der Waals surface area (Å²) in [6, 6.07) is 6.36. The molecule has 1 aromatic rings. The van der Waals surface area contributed by atoms with Gasteiger partial charge >= 0.3 is 0 Å². The standard InChI is InChI=1S/C10H11NO3/c1-8(6-11-7-12)14-10-4-2-9(13)3-5-10/h2-5,8,13H,6H2,1H3. The average Bonchev–Trinajstić information content (AvgIpc) is 2.18. The maximum absolute atomic E-state index is 9.83. The van der Waals surface area contributed by atoms with Crippen LogP contribution in [0.3, 0.4) is 0 Å². The Labute approximate surface area is 81.9 Å². The van der Waals surface area contributed by atoms with Gasteiger partial charge in [0.15, 0.2) is 0 Å². The molecule has 0 spiro atoms. The molecule has 1 unspecified atom stereocenters. The summed E-state index contributed by atoms with van der Waals surface area (Å²) < 4.78 is 5.39. The quantitative estimate of drug-likeness (QED) is 0.582. The highest BCUT2D eigenvalue weighted by Gasteiger charge is 2.02. The fourth-order valence-corrected chi connectivity index (χ4v) is 0.960. The Hall–Kier alpha value is -1.80. The van der Waals surface area contributed by atoms with E-state index in [9.17, 15) is 4.79 Å². The van der Waals surface area contributed by atoms with Gasteiger partial charge in [0, 0.05) is 0 Å². The molecule has 1 atom stereocenters. The molecule has 0 saturated carbocycles. The van der Waals surface area contributed by atoms with Crippen molar-refractivity contribution < 1.29 is 14.6 Å². The molecule has 0 aliphatic rings. The average molecular weight is 193 g/mol. The van der Waals surface area contributed by atoms with E-state index in [2.05, 4.69) is 4.99 Å². The number of rotatable bonds is 4. The highest BCUT2D eigenvalue weighted by atomic mass is 16.5. The Morgan fingerprint density at radius 3 is 2.71 bits per heavy atom. The lowest BCUT2D eigenvalue weighted by atomic mass is 10.3. The molecule has 0 heterocycles. The Kier molecular flexibility index (Phi) is 3.70. The lowest BCUT2D eigenvalue weighted by Gasteiger charge is -2.11. The monoisotopic (exact) mass is 193 g/mol. The number of hydrogen-bond acceptors (Lipinski definition) is 4. The number of nitrogens with zero attached hydrogens (tertiary/aromatic N) is 1. The predicted octanol–water partition coefficient (Wildman–Crippen LogP) is 1.50. The van der Waals surface area contributed by atoms with Gasteiger partial charge in [0.05, 0.1) is 6.54 Å². The molecule has 14 heavy (non-hydrogen) atoms. The SMILES string of the molecule is CC(CN=C=O)Oc1ccc(O)cc1. The molecule has 0 fully saturated rings. The Morgan fingerprint density at radius 2 is 2.14 bits per heavy atom. The normalized spacial score (nSPS) is 11.5. The fourth-order valence-electron chi connectivity index (χ4n) is 0.960. The second-order valence-electron chi connectivity index (χ2n) is 2.85. The van der Waals surface area contributed by atoms with Crippen LogP contribution in [0.2, 0.25) is 0 Å². The predicted molar refractivity (Wildman–Crippen MR) is 51.2 cm³/mol. The number of aliphatic imine (C=N–C) groups is 1. The number of isocyanates is 1. The third-order valence-corrected chi connectivity index (χ3v) is 1.59. The zero-order chi connectivity index (χ0) is 10.4. The van der Waals surface area contributed by atoms with Crippen molar-refractivity contribution in [3.63, 3.8) is 0 Å². The number of carbonyl (C=O) groups excluding carboxylic acids is 1. The van der Waals surface area contributed by atoms with Crippen LogP contribution in [0.25, 0.3) is 0 Å². The van der Waals surface area contributed by atoms with E-state index in [0.717, 1.165) is 0 Å². The molecule has 0 aromatic heterocycles. The lowest BCUT2D eigenvalue weighted by Crippen LogP contribution is -2.15. The maximum Gasteiger partial charge on any atom is 0.235 e. The van der Waals surface area contributed by atoms with Crippen molar-refractivity contribution in [1.29, 1.82) is 0 Å². The minimum Gasteiger partial charge on any atom is -0.508 e. The lowest BCUT2D eigenvalue weighted by molar-refractivity contribution is 0.230. The van der Waals surface area contributed by atoms with Gasteiger partial charge in [0.2, 0.25) is 6.08 Å². The van der Waals surface area contributed by atoms with Crippen LogP contribution in [0.5, 0.6) is 11.5 Å². The van der Waals surface area contributed by atoms with Crippen LogP contribution in [0.1, 0.15) is 6.92 Å². The van der Waals surface area contributed by atoms with Gasteiger partial charge in [-0.25, -0.2) is 9.79 Å². The Bertz CT molecular complexity index is 328. The van der Waals surface area contributed by atoms with Crippen molar-refractivity contribution in [3.05, 3.63) is 24.3 Å². The second kappa shape index (κ2) is 5.04. The van der Waals surface area contributed by atoms with Crippen LogP contribution in [-0.4, -0.2) is 23.8 Å². The topological polar surface area (TPSA) is 58.9 Å². The summed E-state index contributed by atoms with van der Waals surface area (Å²) in [7, 11) is 0. The molecule has 0 radical (unpaired) electrons. The van der Waals surface area contributed by atoms with Crippen molar-refractivity contribution in [3.8, 4) is 11.5 Å². The van der Waals surface area contributed by atoms with E-state index >= 15 is 0 Å². The van der Waals surface area contributed by atoms with Gasteiger partial charge in [-0.1, -0.05) is 0 Å². The van der Waals surface area contributed by atoms with Gasteiger partial charge in [-0.15, -0.1) is 0 Å². The summed E-state index contributed by atoms with van der Waals surface area (Å²) in [6.45, 7) is 2.08. The molecule has 74 valence electrons. The number of aromatic hydroxyl groups is 1. The highest BCUT2D eigenvalue weighted by Crippen LogP contribution is 2.16. The van der Waals surface area contributed by atoms with E-state index in [1.807, 2.05) is 0 Å². The molecule has 4 heteroatoms.